The van der Waals surface area contributed by atoms with Gasteiger partial charge in [0.1, 0.15) is 0 Å². The van der Waals surface area contributed by atoms with E-state index in [0.29, 0.717) is 0 Å². The lowest BCUT2D eigenvalue weighted by Crippen LogP contribution is -2.06. The number of hydrogen-bond acceptors (Lipinski definition) is 3. The van der Waals surface area contributed by atoms with Crippen LogP contribution in [0.2, 0.25) is 0 Å². The Balaban J connectivity index is 0.000000384. The van der Waals surface area contributed by atoms with Gasteiger partial charge in [-0.1, -0.05) is 36.8 Å². The summed E-state index contributed by atoms with van der Waals surface area (Å²) in [5.41, 5.74) is 0.956. The molecule has 0 aliphatic carbocycles. The van der Waals surface area contributed by atoms with Gasteiger partial charge in [-0.3, -0.25) is 4.55 Å². The van der Waals surface area contributed by atoms with Gasteiger partial charge in [0.2, 0.25) is 0 Å². The maximum atomic E-state index is 10.5. The molecule has 0 aromatic heterocycles. The Hall–Kier alpha value is -1.17. The summed E-state index contributed by atoms with van der Waals surface area (Å²) >= 11 is 0. The van der Waals surface area contributed by atoms with Crippen molar-refractivity contribution in [1.29, 1.82) is 0 Å². The van der Waals surface area contributed by atoms with E-state index >= 15 is 0 Å². The van der Waals surface area contributed by atoms with Crippen LogP contribution in [-0.4, -0.2) is 26.6 Å². The number of rotatable bonds is 7. The maximum absolute atomic E-state index is 10.5. The summed E-state index contributed by atoms with van der Waals surface area (Å²) in [4.78, 5) is -0.0666. The topological polar surface area (TPSA) is 66.4 Å². The molecule has 0 aliphatic rings. The van der Waals surface area contributed by atoms with E-state index in [2.05, 4.69) is 24.4 Å². The second-order valence-electron chi connectivity index (χ2n) is 4.77. The van der Waals surface area contributed by atoms with Gasteiger partial charge in [-0.15, -0.1) is 0 Å². The Bertz CT molecular complexity index is 493. The van der Waals surface area contributed by atoms with E-state index in [0.717, 1.165) is 12.1 Å². The fourth-order valence-corrected chi connectivity index (χ4v) is 2.04. The molecule has 120 valence electrons. The predicted octanol–water partition coefficient (Wildman–Crippen LogP) is 3.58. The number of hydrogen-bond donors (Lipinski definition) is 2. The first kappa shape index (κ1) is 19.8. The Morgan fingerprint density at radius 3 is 2.24 bits per heavy atom. The highest BCUT2D eigenvalue weighted by Gasteiger charge is 2.06. The van der Waals surface area contributed by atoms with Crippen LogP contribution in [0.4, 0.5) is 0 Å². The number of unbranched alkanes of at least 4 members (excludes halogenated alkanes) is 2. The minimum atomic E-state index is -4.02. The molecular formula is C16H27NO3S. The lowest BCUT2D eigenvalue weighted by molar-refractivity contribution is 0.483. The Labute approximate surface area is 129 Å². The molecule has 4 nitrogen and oxygen atoms in total. The number of benzene rings is 1. The van der Waals surface area contributed by atoms with Gasteiger partial charge in [-0.25, -0.2) is 0 Å². The van der Waals surface area contributed by atoms with Gasteiger partial charge in [0, 0.05) is 0 Å². The predicted molar refractivity (Wildman–Crippen MR) is 88.2 cm³/mol. The number of aryl methyl sites for hydroxylation is 1. The first-order valence-electron chi connectivity index (χ1n) is 7.25. The highest BCUT2D eigenvalue weighted by atomic mass is 32.2. The molecule has 0 aliphatic heterocycles. The van der Waals surface area contributed by atoms with Crippen LogP contribution in [0, 0.1) is 6.92 Å². The molecule has 0 atom stereocenters. The summed E-state index contributed by atoms with van der Waals surface area (Å²) in [6.45, 7) is 5.16. The molecule has 0 saturated heterocycles. The standard InChI is InChI=1S/C9H19N.C7H8O3S/c1-3-4-5-6-7-8-9-10-2;1-6-2-4-7(5-3-6)11(8,9)10/h4-5,10H,3,6-9H2,1-2H3;2-5H,1H3,(H,8,9,10). The average Bonchev–Trinajstić information content (AvgIpc) is 2.43. The maximum Gasteiger partial charge on any atom is 0.294 e. The van der Waals surface area contributed by atoms with Gasteiger partial charge in [0.05, 0.1) is 4.90 Å². The third-order valence-electron chi connectivity index (χ3n) is 2.77. The van der Waals surface area contributed by atoms with Crippen LogP contribution in [0.1, 0.15) is 38.2 Å². The van der Waals surface area contributed by atoms with E-state index in [1.165, 1.54) is 37.8 Å². The average molecular weight is 313 g/mol. The second kappa shape index (κ2) is 11.5. The van der Waals surface area contributed by atoms with Gasteiger partial charge in [-0.05, 0) is 58.3 Å². The van der Waals surface area contributed by atoms with Crippen molar-refractivity contribution < 1.29 is 13.0 Å². The van der Waals surface area contributed by atoms with E-state index in [-0.39, 0.29) is 4.90 Å². The molecule has 0 fully saturated rings. The van der Waals surface area contributed by atoms with Crippen molar-refractivity contribution in [2.24, 2.45) is 0 Å². The molecule has 0 unspecified atom stereocenters. The van der Waals surface area contributed by atoms with Crippen molar-refractivity contribution >= 4 is 10.1 Å². The molecule has 0 saturated carbocycles. The third kappa shape index (κ3) is 11.2. The molecular weight excluding hydrogens is 286 g/mol. The molecule has 0 amide bonds. The van der Waals surface area contributed by atoms with Gasteiger partial charge in [0.25, 0.3) is 10.1 Å². The molecule has 1 aromatic rings. The van der Waals surface area contributed by atoms with Crippen molar-refractivity contribution in [3.63, 3.8) is 0 Å². The second-order valence-corrected chi connectivity index (χ2v) is 6.19. The van der Waals surface area contributed by atoms with Crippen molar-refractivity contribution in [2.75, 3.05) is 13.6 Å². The van der Waals surface area contributed by atoms with Crippen LogP contribution in [0.3, 0.4) is 0 Å². The fraction of sp³-hybridized carbons (Fsp3) is 0.500. The van der Waals surface area contributed by atoms with Crippen LogP contribution < -0.4 is 5.32 Å². The summed E-state index contributed by atoms with van der Waals surface area (Å²) < 4.78 is 29.6. The third-order valence-corrected chi connectivity index (χ3v) is 3.64. The number of allylic oxidation sites excluding steroid dienone is 2. The molecule has 0 spiro atoms. The highest BCUT2D eigenvalue weighted by Crippen LogP contribution is 2.08. The summed E-state index contributed by atoms with van der Waals surface area (Å²) in [7, 11) is -2.02. The van der Waals surface area contributed by atoms with Crippen molar-refractivity contribution in [3.05, 3.63) is 42.0 Å². The van der Waals surface area contributed by atoms with Crippen LogP contribution in [0.5, 0.6) is 0 Å². The lowest BCUT2D eigenvalue weighted by Gasteiger charge is -1.95. The first-order valence-corrected chi connectivity index (χ1v) is 8.69. The zero-order valence-electron chi connectivity index (χ0n) is 13.2. The summed E-state index contributed by atoms with van der Waals surface area (Å²) in [6, 6.07) is 5.99. The summed E-state index contributed by atoms with van der Waals surface area (Å²) in [5.74, 6) is 0. The van der Waals surface area contributed by atoms with Crippen LogP contribution in [-0.2, 0) is 10.1 Å². The van der Waals surface area contributed by atoms with Gasteiger partial charge < -0.3 is 5.32 Å². The largest absolute Gasteiger partial charge is 0.320 e. The van der Waals surface area contributed by atoms with E-state index in [1.54, 1.807) is 12.1 Å². The van der Waals surface area contributed by atoms with Crippen LogP contribution in [0.15, 0.2) is 41.3 Å². The molecule has 1 rings (SSSR count). The van der Waals surface area contributed by atoms with Gasteiger partial charge >= 0.3 is 0 Å². The van der Waals surface area contributed by atoms with Crippen molar-refractivity contribution in [3.8, 4) is 0 Å². The normalized spacial score (nSPS) is 11.2. The molecule has 0 heterocycles. The molecule has 1 aromatic carbocycles. The lowest BCUT2D eigenvalue weighted by atomic mass is 10.2. The summed E-state index contributed by atoms with van der Waals surface area (Å²) in [6.07, 6.45) is 9.54. The smallest absolute Gasteiger partial charge is 0.294 e. The minimum absolute atomic E-state index is 0.0666. The fourth-order valence-electron chi connectivity index (χ4n) is 1.56. The first-order chi connectivity index (χ1) is 9.91. The van der Waals surface area contributed by atoms with E-state index < -0.39 is 10.1 Å². The van der Waals surface area contributed by atoms with E-state index in [1.807, 2.05) is 14.0 Å². The molecule has 5 heteroatoms. The highest BCUT2D eigenvalue weighted by molar-refractivity contribution is 7.85. The molecule has 0 bridgehead atoms. The SMILES string of the molecule is CCC=CCCCCNC.Cc1ccc(S(=O)(=O)O)cc1. The molecule has 21 heavy (non-hydrogen) atoms. The quantitative estimate of drug-likeness (QED) is 0.459. The van der Waals surface area contributed by atoms with E-state index in [4.69, 9.17) is 4.55 Å². The van der Waals surface area contributed by atoms with Gasteiger partial charge in [-0.2, -0.15) is 8.42 Å². The number of nitrogens with one attached hydrogen (secondary N) is 1. The summed E-state index contributed by atoms with van der Waals surface area (Å²) in [5, 5.41) is 3.13. The van der Waals surface area contributed by atoms with Crippen LogP contribution >= 0.6 is 0 Å². The van der Waals surface area contributed by atoms with Crippen molar-refractivity contribution in [2.45, 2.75) is 44.4 Å². The molecule has 0 radical (unpaired) electrons. The van der Waals surface area contributed by atoms with Gasteiger partial charge in [0.15, 0.2) is 0 Å². The Kier molecular flexibility index (Phi) is 10.8. The zero-order valence-corrected chi connectivity index (χ0v) is 14.0. The zero-order chi connectivity index (χ0) is 16.1. The minimum Gasteiger partial charge on any atom is -0.320 e. The Morgan fingerprint density at radius 1 is 1.14 bits per heavy atom. The van der Waals surface area contributed by atoms with Crippen LogP contribution in [0.25, 0.3) is 0 Å². The molecule has 2 N–H and O–H groups in total. The van der Waals surface area contributed by atoms with Crippen molar-refractivity contribution in [1.82, 2.24) is 5.32 Å². The van der Waals surface area contributed by atoms with E-state index in [9.17, 15) is 8.42 Å². The monoisotopic (exact) mass is 313 g/mol. The Morgan fingerprint density at radius 2 is 1.76 bits per heavy atom.